The first-order chi connectivity index (χ1) is 17.4. The molecular weight excluding hydrogens is 476 g/mol. The predicted octanol–water partition coefficient (Wildman–Crippen LogP) is 5.06. The molecule has 8 heteroatoms. The molecule has 36 heavy (non-hydrogen) atoms. The minimum Gasteiger partial charge on any atom is -0.497 e. The Morgan fingerprint density at radius 3 is 2.25 bits per heavy atom. The van der Waals surface area contributed by atoms with Crippen LogP contribution in [0.1, 0.15) is 15.9 Å². The lowest BCUT2D eigenvalue weighted by atomic mass is 10.1. The number of hydrogen-bond acceptors (Lipinski definition) is 4. The molecule has 1 N–H and O–H groups in total. The Bertz CT molecular complexity index is 1390. The Balaban J connectivity index is 1.78. The third-order valence-corrected chi connectivity index (χ3v) is 5.67. The number of amides is 2. The van der Waals surface area contributed by atoms with E-state index in [1.54, 1.807) is 68.4 Å². The maximum atomic E-state index is 13.1. The summed E-state index contributed by atoms with van der Waals surface area (Å²) in [5, 5.41) is 8.15. The highest BCUT2D eigenvalue weighted by Gasteiger charge is 2.19. The van der Waals surface area contributed by atoms with Crippen molar-refractivity contribution in [2.75, 3.05) is 21.2 Å². The molecule has 4 rings (SSSR count). The normalized spacial score (nSPS) is 11.2. The summed E-state index contributed by atoms with van der Waals surface area (Å²) in [6.45, 7) is 0. The summed E-state index contributed by atoms with van der Waals surface area (Å²) in [7, 11) is 4.81. The van der Waals surface area contributed by atoms with Crippen LogP contribution in [0, 0.1) is 0 Å². The number of rotatable bonds is 7. The van der Waals surface area contributed by atoms with Gasteiger partial charge in [0.2, 0.25) is 0 Å². The van der Waals surface area contributed by atoms with E-state index in [1.807, 2.05) is 48.7 Å². The zero-order chi connectivity index (χ0) is 25.7. The molecule has 7 nitrogen and oxygen atoms in total. The molecule has 4 aromatic rings. The average molecular weight is 501 g/mol. The SMILES string of the molecule is COc1ccc(C(=O)N/C(=C/c2cn(-c3ccccc3)nc2-c2ccc(Cl)cc2)C(=O)N(C)C)cc1. The summed E-state index contributed by atoms with van der Waals surface area (Å²) in [5.74, 6) is -0.137. The van der Waals surface area contributed by atoms with Crippen LogP contribution >= 0.6 is 11.6 Å². The number of para-hydroxylation sites is 1. The van der Waals surface area contributed by atoms with Crippen LogP contribution < -0.4 is 10.1 Å². The summed E-state index contributed by atoms with van der Waals surface area (Å²) >= 11 is 6.09. The van der Waals surface area contributed by atoms with Crippen LogP contribution in [-0.2, 0) is 4.79 Å². The van der Waals surface area contributed by atoms with Crippen molar-refractivity contribution in [2.24, 2.45) is 0 Å². The second kappa shape index (κ2) is 10.9. The molecule has 0 aliphatic rings. The van der Waals surface area contributed by atoms with Crippen molar-refractivity contribution < 1.29 is 14.3 Å². The summed E-state index contributed by atoms with van der Waals surface area (Å²) < 4.78 is 6.89. The van der Waals surface area contributed by atoms with Crippen molar-refractivity contribution in [1.82, 2.24) is 20.0 Å². The number of likely N-dealkylation sites (N-methyl/N-ethyl adjacent to an activating group) is 1. The van der Waals surface area contributed by atoms with Gasteiger partial charge in [-0.3, -0.25) is 9.59 Å². The van der Waals surface area contributed by atoms with E-state index in [4.69, 9.17) is 21.4 Å². The summed E-state index contributed by atoms with van der Waals surface area (Å²) in [6, 6.07) is 23.6. The van der Waals surface area contributed by atoms with Crippen molar-refractivity contribution in [3.8, 4) is 22.7 Å². The molecule has 182 valence electrons. The zero-order valence-electron chi connectivity index (χ0n) is 20.1. The number of carbonyl (C=O) groups excluding carboxylic acids is 2. The second-order valence-corrected chi connectivity index (χ2v) is 8.60. The van der Waals surface area contributed by atoms with Crippen LogP contribution in [-0.4, -0.2) is 47.7 Å². The average Bonchev–Trinajstić information content (AvgIpc) is 3.32. The van der Waals surface area contributed by atoms with Gasteiger partial charge >= 0.3 is 0 Å². The number of aromatic nitrogens is 2. The van der Waals surface area contributed by atoms with Crippen molar-refractivity contribution in [2.45, 2.75) is 0 Å². The summed E-state index contributed by atoms with van der Waals surface area (Å²) in [4.78, 5) is 27.5. The van der Waals surface area contributed by atoms with E-state index < -0.39 is 5.91 Å². The predicted molar refractivity (Wildman–Crippen MR) is 141 cm³/mol. The van der Waals surface area contributed by atoms with E-state index >= 15 is 0 Å². The van der Waals surface area contributed by atoms with Crippen LogP contribution in [0.3, 0.4) is 0 Å². The topological polar surface area (TPSA) is 76.5 Å². The molecule has 0 radical (unpaired) electrons. The van der Waals surface area contributed by atoms with Crippen molar-refractivity contribution in [3.05, 3.63) is 107 Å². The third kappa shape index (κ3) is 5.64. The molecule has 0 spiro atoms. The fourth-order valence-corrected chi connectivity index (χ4v) is 3.65. The fraction of sp³-hybridized carbons (Fsp3) is 0.107. The van der Waals surface area contributed by atoms with Gasteiger partial charge in [-0.15, -0.1) is 0 Å². The minimum atomic E-state index is -0.414. The zero-order valence-corrected chi connectivity index (χ0v) is 20.9. The van der Waals surface area contributed by atoms with Crippen LogP contribution in [0.15, 0.2) is 90.8 Å². The highest BCUT2D eigenvalue weighted by molar-refractivity contribution is 6.30. The molecule has 0 saturated heterocycles. The molecule has 0 saturated carbocycles. The number of methoxy groups -OCH3 is 1. The highest BCUT2D eigenvalue weighted by Crippen LogP contribution is 2.27. The van der Waals surface area contributed by atoms with Gasteiger partial charge in [0.1, 0.15) is 17.1 Å². The first-order valence-electron chi connectivity index (χ1n) is 11.2. The molecule has 1 heterocycles. The molecule has 2 amide bonds. The number of halogens is 1. The van der Waals surface area contributed by atoms with E-state index in [-0.39, 0.29) is 11.6 Å². The van der Waals surface area contributed by atoms with Crippen LogP contribution in [0.4, 0.5) is 0 Å². The largest absolute Gasteiger partial charge is 0.497 e. The molecule has 1 aromatic heterocycles. The monoisotopic (exact) mass is 500 g/mol. The minimum absolute atomic E-state index is 0.114. The first-order valence-corrected chi connectivity index (χ1v) is 11.5. The van der Waals surface area contributed by atoms with Gasteiger partial charge in [-0.05, 0) is 54.6 Å². The molecule has 0 aliphatic carbocycles. The van der Waals surface area contributed by atoms with Crippen molar-refractivity contribution in [1.29, 1.82) is 0 Å². The Morgan fingerprint density at radius 2 is 1.64 bits per heavy atom. The van der Waals surface area contributed by atoms with E-state index in [1.165, 1.54) is 4.90 Å². The van der Waals surface area contributed by atoms with E-state index in [0.717, 1.165) is 11.3 Å². The van der Waals surface area contributed by atoms with E-state index in [2.05, 4.69) is 5.32 Å². The maximum absolute atomic E-state index is 13.1. The molecule has 0 unspecified atom stereocenters. The number of hydrogen-bond donors (Lipinski definition) is 1. The lowest BCUT2D eigenvalue weighted by molar-refractivity contribution is -0.124. The van der Waals surface area contributed by atoms with Gasteiger partial charge in [0, 0.05) is 42.0 Å². The number of nitrogens with one attached hydrogen (secondary N) is 1. The Morgan fingerprint density at radius 1 is 0.972 bits per heavy atom. The van der Waals surface area contributed by atoms with Gasteiger partial charge in [0.05, 0.1) is 12.8 Å². The Labute approximate surface area is 214 Å². The van der Waals surface area contributed by atoms with Crippen molar-refractivity contribution >= 4 is 29.5 Å². The molecule has 3 aromatic carbocycles. The van der Waals surface area contributed by atoms with E-state index in [0.29, 0.717) is 27.6 Å². The van der Waals surface area contributed by atoms with Gasteiger partial charge in [-0.1, -0.05) is 41.9 Å². The van der Waals surface area contributed by atoms with Crippen LogP contribution in [0.2, 0.25) is 5.02 Å². The Hall–Kier alpha value is -4.36. The number of benzene rings is 3. The van der Waals surface area contributed by atoms with Gasteiger partial charge in [0.25, 0.3) is 11.8 Å². The fourth-order valence-electron chi connectivity index (χ4n) is 3.52. The van der Waals surface area contributed by atoms with Crippen LogP contribution in [0.25, 0.3) is 23.0 Å². The highest BCUT2D eigenvalue weighted by atomic mass is 35.5. The molecular formula is C28H25ClN4O3. The van der Waals surface area contributed by atoms with Crippen LogP contribution in [0.5, 0.6) is 5.75 Å². The molecule has 0 bridgehead atoms. The van der Waals surface area contributed by atoms with Gasteiger partial charge in [-0.25, -0.2) is 4.68 Å². The van der Waals surface area contributed by atoms with E-state index in [9.17, 15) is 9.59 Å². The standard InChI is InChI=1S/C28H25ClN4O3/c1-32(2)28(35)25(30-27(34)20-11-15-24(36-3)16-12-20)17-21-18-33(23-7-5-4-6-8-23)31-26(21)19-9-13-22(29)14-10-19/h4-18H,1-3H3,(H,30,34)/b25-17+. The number of ether oxygens (including phenoxy) is 1. The quantitative estimate of drug-likeness (QED) is 0.360. The maximum Gasteiger partial charge on any atom is 0.269 e. The molecule has 0 atom stereocenters. The first kappa shape index (κ1) is 24.8. The van der Waals surface area contributed by atoms with Crippen molar-refractivity contribution in [3.63, 3.8) is 0 Å². The lowest BCUT2D eigenvalue weighted by Crippen LogP contribution is -2.34. The smallest absolute Gasteiger partial charge is 0.269 e. The van der Waals surface area contributed by atoms with Gasteiger partial charge in [0.15, 0.2) is 0 Å². The molecule has 0 fully saturated rings. The third-order valence-electron chi connectivity index (χ3n) is 5.42. The number of carbonyl (C=O) groups is 2. The number of nitrogens with zero attached hydrogens (tertiary/aromatic N) is 3. The Kier molecular flexibility index (Phi) is 7.51. The molecule has 0 aliphatic heterocycles. The van der Waals surface area contributed by atoms with Gasteiger partial charge in [-0.2, -0.15) is 5.10 Å². The summed E-state index contributed by atoms with van der Waals surface area (Å²) in [6.07, 6.45) is 3.46. The lowest BCUT2D eigenvalue weighted by Gasteiger charge is -2.15. The summed E-state index contributed by atoms with van der Waals surface area (Å²) in [5.41, 5.74) is 3.48. The second-order valence-electron chi connectivity index (χ2n) is 8.16. The van der Waals surface area contributed by atoms with Gasteiger partial charge < -0.3 is 15.0 Å².